The van der Waals surface area contributed by atoms with E-state index in [9.17, 15) is 13.2 Å². The van der Waals surface area contributed by atoms with E-state index in [1.165, 1.54) is 6.07 Å². The third-order valence-electron chi connectivity index (χ3n) is 2.91. The third kappa shape index (κ3) is 5.41. The van der Waals surface area contributed by atoms with E-state index in [4.69, 9.17) is 10.5 Å². The van der Waals surface area contributed by atoms with Crippen molar-refractivity contribution < 1.29 is 17.9 Å². The maximum absolute atomic E-state index is 13.0. The summed E-state index contributed by atoms with van der Waals surface area (Å²) >= 11 is 0. The van der Waals surface area contributed by atoms with Crippen molar-refractivity contribution >= 4 is 0 Å². The Hall–Kier alpha value is -1.23. The Labute approximate surface area is 118 Å². The zero-order valence-corrected chi connectivity index (χ0v) is 12.0. The summed E-state index contributed by atoms with van der Waals surface area (Å²) < 4.78 is 44.4. The number of hydrogen-bond acceptors (Lipinski definition) is 2. The first-order valence-electron chi connectivity index (χ1n) is 6.93. The number of unbranched alkanes of at least 4 members (excludes halogenated alkanes) is 2. The molecule has 0 radical (unpaired) electrons. The number of hydrogen-bond donors (Lipinski definition) is 1. The molecule has 1 unspecified atom stereocenters. The Balaban J connectivity index is 2.87. The number of rotatable bonds is 7. The molecule has 0 bridgehead atoms. The molecular formula is C15H22F3NO. The highest BCUT2D eigenvalue weighted by Crippen LogP contribution is 2.37. The highest BCUT2D eigenvalue weighted by atomic mass is 19.4. The van der Waals surface area contributed by atoms with Crippen LogP contribution in [0.2, 0.25) is 0 Å². The normalized spacial score (nSPS) is 13.3. The van der Waals surface area contributed by atoms with E-state index in [2.05, 4.69) is 0 Å². The van der Waals surface area contributed by atoms with Gasteiger partial charge in [-0.05, 0) is 37.5 Å². The van der Waals surface area contributed by atoms with Gasteiger partial charge in [0.1, 0.15) is 5.75 Å². The molecule has 1 aromatic rings. The van der Waals surface area contributed by atoms with Gasteiger partial charge in [0.25, 0.3) is 0 Å². The first kappa shape index (κ1) is 16.8. The molecule has 1 atom stereocenters. The van der Waals surface area contributed by atoms with Crippen LogP contribution in [-0.4, -0.2) is 12.6 Å². The van der Waals surface area contributed by atoms with E-state index in [1.807, 2.05) is 6.92 Å². The molecule has 2 N–H and O–H groups in total. The van der Waals surface area contributed by atoms with Gasteiger partial charge in [-0.3, -0.25) is 0 Å². The van der Waals surface area contributed by atoms with Crippen LogP contribution in [0.25, 0.3) is 0 Å². The lowest BCUT2D eigenvalue weighted by Gasteiger charge is -2.16. The van der Waals surface area contributed by atoms with Crippen molar-refractivity contribution in [2.45, 2.75) is 51.7 Å². The molecule has 1 aromatic carbocycles. The Morgan fingerprint density at radius 1 is 1.25 bits per heavy atom. The minimum Gasteiger partial charge on any atom is -0.493 e. The molecule has 2 nitrogen and oxygen atoms in total. The summed E-state index contributed by atoms with van der Waals surface area (Å²) in [6, 6.07) is 4.01. The quantitative estimate of drug-likeness (QED) is 0.765. The van der Waals surface area contributed by atoms with Gasteiger partial charge in [-0.1, -0.05) is 25.8 Å². The van der Waals surface area contributed by atoms with Gasteiger partial charge < -0.3 is 10.5 Å². The minimum atomic E-state index is -4.41. The van der Waals surface area contributed by atoms with E-state index in [0.717, 1.165) is 25.3 Å². The summed E-state index contributed by atoms with van der Waals surface area (Å²) in [5, 5.41) is 0. The van der Waals surface area contributed by atoms with E-state index < -0.39 is 11.7 Å². The summed E-state index contributed by atoms with van der Waals surface area (Å²) in [6.07, 6.45) is -1.28. The van der Waals surface area contributed by atoms with E-state index >= 15 is 0 Å². The smallest absolute Gasteiger partial charge is 0.419 e. The summed E-state index contributed by atoms with van der Waals surface area (Å²) in [5.41, 5.74) is 5.48. The zero-order valence-electron chi connectivity index (χ0n) is 12.0. The molecule has 1 rings (SSSR count). The van der Waals surface area contributed by atoms with Crippen molar-refractivity contribution in [3.05, 3.63) is 29.3 Å². The van der Waals surface area contributed by atoms with E-state index in [1.54, 1.807) is 13.0 Å². The molecule has 0 heterocycles. The van der Waals surface area contributed by atoms with Crippen LogP contribution in [0.15, 0.2) is 18.2 Å². The van der Waals surface area contributed by atoms with Crippen molar-refractivity contribution in [1.82, 2.24) is 0 Å². The molecule has 0 aliphatic heterocycles. The number of ether oxygens (including phenoxy) is 1. The van der Waals surface area contributed by atoms with Crippen molar-refractivity contribution in [3.8, 4) is 5.75 Å². The fourth-order valence-electron chi connectivity index (χ4n) is 1.96. The van der Waals surface area contributed by atoms with Gasteiger partial charge in [0, 0.05) is 6.04 Å². The van der Waals surface area contributed by atoms with E-state index in [0.29, 0.717) is 18.6 Å². The van der Waals surface area contributed by atoms with Crippen LogP contribution in [0.1, 0.15) is 44.2 Å². The van der Waals surface area contributed by atoms with Crippen LogP contribution in [0.4, 0.5) is 13.2 Å². The molecular weight excluding hydrogens is 267 g/mol. The monoisotopic (exact) mass is 289 g/mol. The maximum Gasteiger partial charge on any atom is 0.419 e. The van der Waals surface area contributed by atoms with Gasteiger partial charge in [-0.25, -0.2) is 0 Å². The van der Waals surface area contributed by atoms with Crippen LogP contribution in [0, 0.1) is 0 Å². The molecule has 0 aromatic heterocycles. The summed E-state index contributed by atoms with van der Waals surface area (Å²) in [4.78, 5) is 0. The molecule has 0 aliphatic carbocycles. The van der Waals surface area contributed by atoms with Crippen molar-refractivity contribution in [1.29, 1.82) is 0 Å². The van der Waals surface area contributed by atoms with Gasteiger partial charge >= 0.3 is 6.18 Å². The Bertz CT molecular complexity index is 416. The lowest BCUT2D eigenvalue weighted by atomic mass is 10.0. The highest BCUT2D eigenvalue weighted by Gasteiger charge is 2.34. The van der Waals surface area contributed by atoms with Crippen molar-refractivity contribution in [2.24, 2.45) is 5.73 Å². The van der Waals surface area contributed by atoms with Crippen LogP contribution < -0.4 is 10.5 Å². The minimum absolute atomic E-state index is 0.0953. The Morgan fingerprint density at radius 3 is 2.50 bits per heavy atom. The lowest BCUT2D eigenvalue weighted by Crippen LogP contribution is -2.18. The number of halogens is 3. The number of benzene rings is 1. The van der Waals surface area contributed by atoms with Crippen LogP contribution in [-0.2, 0) is 12.6 Å². The molecule has 5 heteroatoms. The average Bonchev–Trinajstić information content (AvgIpc) is 2.34. The SMILES string of the molecule is CCCCCOc1ccc(CC(C)N)cc1C(F)(F)F. The van der Waals surface area contributed by atoms with E-state index in [-0.39, 0.29) is 11.8 Å². The number of nitrogens with two attached hydrogens (primary N) is 1. The van der Waals surface area contributed by atoms with Gasteiger partial charge in [0.05, 0.1) is 12.2 Å². The van der Waals surface area contributed by atoms with Crippen LogP contribution in [0.5, 0.6) is 5.75 Å². The highest BCUT2D eigenvalue weighted by molar-refractivity contribution is 5.39. The summed E-state index contributed by atoms with van der Waals surface area (Å²) in [7, 11) is 0. The van der Waals surface area contributed by atoms with Crippen LogP contribution >= 0.6 is 0 Å². The predicted octanol–water partition coefficient (Wildman–Crippen LogP) is 4.16. The van der Waals surface area contributed by atoms with Gasteiger partial charge in [-0.15, -0.1) is 0 Å². The Kier molecular flexibility index (Phi) is 6.33. The van der Waals surface area contributed by atoms with Gasteiger partial charge in [-0.2, -0.15) is 13.2 Å². The molecule has 0 amide bonds. The topological polar surface area (TPSA) is 35.2 Å². The fraction of sp³-hybridized carbons (Fsp3) is 0.600. The fourth-order valence-corrected chi connectivity index (χ4v) is 1.96. The Morgan fingerprint density at radius 2 is 1.95 bits per heavy atom. The summed E-state index contributed by atoms with van der Waals surface area (Å²) in [5.74, 6) is -0.0953. The van der Waals surface area contributed by atoms with Crippen molar-refractivity contribution in [3.63, 3.8) is 0 Å². The zero-order chi connectivity index (χ0) is 15.2. The molecule has 0 fully saturated rings. The van der Waals surface area contributed by atoms with Gasteiger partial charge in [0.2, 0.25) is 0 Å². The third-order valence-corrected chi connectivity index (χ3v) is 2.91. The second-order valence-electron chi connectivity index (χ2n) is 5.07. The lowest BCUT2D eigenvalue weighted by molar-refractivity contribution is -0.139. The standard InChI is InChI=1S/C15H22F3NO/c1-3-4-5-8-20-14-7-6-12(9-11(2)19)10-13(14)15(16,17)18/h6-7,10-11H,3-5,8-9,19H2,1-2H3. The summed E-state index contributed by atoms with van der Waals surface area (Å²) in [6.45, 7) is 4.11. The largest absolute Gasteiger partial charge is 0.493 e. The van der Waals surface area contributed by atoms with Crippen LogP contribution in [0.3, 0.4) is 0 Å². The molecule has 0 saturated heterocycles. The second-order valence-corrected chi connectivity index (χ2v) is 5.07. The average molecular weight is 289 g/mol. The molecule has 20 heavy (non-hydrogen) atoms. The predicted molar refractivity (Wildman–Crippen MR) is 73.8 cm³/mol. The first-order valence-corrected chi connectivity index (χ1v) is 6.93. The second kappa shape index (κ2) is 7.53. The molecule has 0 aliphatic rings. The molecule has 114 valence electrons. The van der Waals surface area contributed by atoms with Crippen molar-refractivity contribution in [2.75, 3.05) is 6.61 Å². The molecule has 0 spiro atoms. The maximum atomic E-state index is 13.0. The molecule has 0 saturated carbocycles. The first-order chi connectivity index (χ1) is 9.34. The van der Waals surface area contributed by atoms with Gasteiger partial charge in [0.15, 0.2) is 0 Å². The number of alkyl halides is 3.